The SMILES string of the molecule is CNC(c1ccc(Cl)cc1Br)C1CC(C)CC(C)C1. The zero-order chi connectivity index (χ0) is 14.0. The highest BCUT2D eigenvalue weighted by atomic mass is 79.9. The predicted molar refractivity (Wildman–Crippen MR) is 86.6 cm³/mol. The Morgan fingerprint density at radius 3 is 2.37 bits per heavy atom. The molecular weight excluding hydrogens is 322 g/mol. The Balaban J connectivity index is 2.23. The largest absolute Gasteiger partial charge is 0.313 e. The van der Waals surface area contributed by atoms with Crippen LogP contribution in [0.2, 0.25) is 5.02 Å². The van der Waals surface area contributed by atoms with Crippen LogP contribution in [0.1, 0.15) is 44.7 Å². The molecule has 0 radical (unpaired) electrons. The average molecular weight is 345 g/mol. The van der Waals surface area contributed by atoms with E-state index in [4.69, 9.17) is 11.6 Å². The molecule has 1 aliphatic rings. The van der Waals surface area contributed by atoms with E-state index in [9.17, 15) is 0 Å². The van der Waals surface area contributed by atoms with Crippen LogP contribution in [0.25, 0.3) is 0 Å². The molecule has 1 aliphatic carbocycles. The topological polar surface area (TPSA) is 12.0 Å². The minimum atomic E-state index is 0.414. The summed E-state index contributed by atoms with van der Waals surface area (Å²) in [5.41, 5.74) is 1.33. The van der Waals surface area contributed by atoms with E-state index in [1.165, 1.54) is 24.8 Å². The smallest absolute Gasteiger partial charge is 0.0417 e. The van der Waals surface area contributed by atoms with Crippen molar-refractivity contribution in [3.05, 3.63) is 33.3 Å². The van der Waals surface area contributed by atoms with Gasteiger partial charge in [0.1, 0.15) is 0 Å². The van der Waals surface area contributed by atoms with E-state index in [2.05, 4.69) is 48.2 Å². The molecule has 1 N–H and O–H groups in total. The molecule has 1 nitrogen and oxygen atoms in total. The van der Waals surface area contributed by atoms with Crippen LogP contribution < -0.4 is 5.32 Å². The van der Waals surface area contributed by atoms with E-state index in [0.29, 0.717) is 12.0 Å². The highest BCUT2D eigenvalue weighted by molar-refractivity contribution is 9.10. The Labute approximate surface area is 130 Å². The van der Waals surface area contributed by atoms with Crippen molar-refractivity contribution in [3.63, 3.8) is 0 Å². The monoisotopic (exact) mass is 343 g/mol. The first-order valence-electron chi connectivity index (χ1n) is 7.13. The number of hydrogen-bond acceptors (Lipinski definition) is 1. The third-order valence-electron chi connectivity index (χ3n) is 4.29. The molecule has 106 valence electrons. The normalized spacial score (nSPS) is 29.2. The van der Waals surface area contributed by atoms with Gasteiger partial charge in [-0.15, -0.1) is 0 Å². The van der Waals surface area contributed by atoms with Crippen LogP contribution in [0.15, 0.2) is 22.7 Å². The van der Waals surface area contributed by atoms with Gasteiger partial charge >= 0.3 is 0 Å². The van der Waals surface area contributed by atoms with Gasteiger partial charge in [0.15, 0.2) is 0 Å². The minimum absolute atomic E-state index is 0.414. The van der Waals surface area contributed by atoms with Gasteiger partial charge in [0.05, 0.1) is 0 Å². The summed E-state index contributed by atoms with van der Waals surface area (Å²) in [6.45, 7) is 4.76. The third kappa shape index (κ3) is 3.74. The lowest BCUT2D eigenvalue weighted by Crippen LogP contribution is -2.31. The molecule has 0 aromatic heterocycles. The molecule has 1 saturated carbocycles. The standard InChI is InChI=1S/C16H23BrClN/c1-10-6-11(2)8-12(7-10)16(19-3)14-5-4-13(18)9-15(14)17/h4-5,9-12,16,19H,6-8H2,1-3H3. The lowest BCUT2D eigenvalue weighted by Gasteiger charge is -2.37. The molecule has 1 aromatic rings. The number of halogens is 2. The van der Waals surface area contributed by atoms with Crippen LogP contribution in [-0.4, -0.2) is 7.05 Å². The fourth-order valence-electron chi connectivity index (χ4n) is 3.68. The molecule has 0 spiro atoms. The summed E-state index contributed by atoms with van der Waals surface area (Å²) in [6.07, 6.45) is 3.99. The van der Waals surface area contributed by atoms with Crippen molar-refractivity contribution >= 4 is 27.5 Å². The molecule has 3 heteroatoms. The van der Waals surface area contributed by atoms with E-state index in [0.717, 1.165) is 21.3 Å². The first kappa shape index (κ1) is 15.3. The summed E-state index contributed by atoms with van der Waals surface area (Å²) >= 11 is 9.71. The van der Waals surface area contributed by atoms with Gasteiger partial charge in [-0.05, 0) is 61.8 Å². The zero-order valence-electron chi connectivity index (χ0n) is 11.9. The van der Waals surface area contributed by atoms with Crippen LogP contribution in [0.3, 0.4) is 0 Å². The predicted octanol–water partition coefficient (Wildman–Crippen LogP) is 5.44. The second kappa shape index (κ2) is 6.60. The molecule has 0 amide bonds. The van der Waals surface area contributed by atoms with E-state index >= 15 is 0 Å². The summed E-state index contributed by atoms with van der Waals surface area (Å²) in [4.78, 5) is 0. The number of hydrogen-bond donors (Lipinski definition) is 1. The van der Waals surface area contributed by atoms with Crippen LogP contribution in [-0.2, 0) is 0 Å². The van der Waals surface area contributed by atoms with Crippen molar-refractivity contribution < 1.29 is 0 Å². The van der Waals surface area contributed by atoms with Gasteiger partial charge in [-0.1, -0.05) is 47.4 Å². The minimum Gasteiger partial charge on any atom is -0.313 e. The van der Waals surface area contributed by atoms with E-state index in [1.807, 2.05) is 12.1 Å². The zero-order valence-corrected chi connectivity index (χ0v) is 14.3. The molecule has 0 bridgehead atoms. The van der Waals surface area contributed by atoms with Gasteiger partial charge in [-0.2, -0.15) is 0 Å². The third-order valence-corrected chi connectivity index (χ3v) is 5.22. The fraction of sp³-hybridized carbons (Fsp3) is 0.625. The summed E-state index contributed by atoms with van der Waals surface area (Å²) in [6, 6.07) is 6.55. The molecule has 0 aliphatic heterocycles. The van der Waals surface area contributed by atoms with E-state index in [1.54, 1.807) is 0 Å². The number of benzene rings is 1. The maximum Gasteiger partial charge on any atom is 0.0417 e. The maximum atomic E-state index is 6.05. The fourth-order valence-corrected chi connectivity index (χ4v) is 4.61. The van der Waals surface area contributed by atoms with Crippen molar-refractivity contribution in [2.75, 3.05) is 7.05 Å². The van der Waals surface area contributed by atoms with Crippen LogP contribution >= 0.6 is 27.5 Å². The average Bonchev–Trinajstić information content (AvgIpc) is 2.31. The van der Waals surface area contributed by atoms with Crippen LogP contribution in [0.5, 0.6) is 0 Å². The summed E-state index contributed by atoms with van der Waals surface area (Å²) in [7, 11) is 2.07. The van der Waals surface area contributed by atoms with Gasteiger partial charge in [0, 0.05) is 15.5 Å². The Morgan fingerprint density at radius 1 is 1.21 bits per heavy atom. The number of rotatable bonds is 3. The highest BCUT2D eigenvalue weighted by Crippen LogP contribution is 2.41. The van der Waals surface area contributed by atoms with Gasteiger partial charge in [-0.25, -0.2) is 0 Å². The second-order valence-electron chi connectivity index (χ2n) is 6.11. The van der Waals surface area contributed by atoms with E-state index < -0.39 is 0 Å². The molecule has 3 unspecified atom stereocenters. The maximum absolute atomic E-state index is 6.05. The van der Waals surface area contributed by atoms with Crippen molar-refractivity contribution in [2.45, 2.75) is 39.2 Å². The summed E-state index contributed by atoms with van der Waals surface area (Å²) in [5, 5.41) is 4.30. The van der Waals surface area contributed by atoms with Gasteiger partial charge in [-0.3, -0.25) is 0 Å². The molecular formula is C16H23BrClN. The number of nitrogens with one attached hydrogen (secondary N) is 1. The molecule has 1 aromatic carbocycles. The van der Waals surface area contributed by atoms with Crippen molar-refractivity contribution in [1.29, 1.82) is 0 Å². The first-order chi connectivity index (χ1) is 9.01. The molecule has 2 rings (SSSR count). The van der Waals surface area contributed by atoms with Gasteiger partial charge < -0.3 is 5.32 Å². The molecule has 3 atom stereocenters. The Kier molecular flexibility index (Phi) is 5.33. The molecule has 19 heavy (non-hydrogen) atoms. The lowest BCUT2D eigenvalue weighted by atomic mass is 9.72. The molecule has 1 fully saturated rings. The quantitative estimate of drug-likeness (QED) is 0.770. The Bertz CT molecular complexity index is 425. The molecule has 0 heterocycles. The second-order valence-corrected chi connectivity index (χ2v) is 7.40. The highest BCUT2D eigenvalue weighted by Gasteiger charge is 2.30. The molecule has 0 saturated heterocycles. The van der Waals surface area contributed by atoms with Crippen molar-refractivity contribution in [1.82, 2.24) is 5.32 Å². The first-order valence-corrected chi connectivity index (χ1v) is 8.30. The van der Waals surface area contributed by atoms with Crippen LogP contribution in [0.4, 0.5) is 0 Å². The Hall–Kier alpha value is -0.0500. The van der Waals surface area contributed by atoms with Crippen molar-refractivity contribution in [3.8, 4) is 0 Å². The van der Waals surface area contributed by atoms with E-state index in [-0.39, 0.29) is 0 Å². The lowest BCUT2D eigenvalue weighted by molar-refractivity contribution is 0.180. The Morgan fingerprint density at radius 2 is 1.84 bits per heavy atom. The summed E-state index contributed by atoms with van der Waals surface area (Å²) < 4.78 is 1.12. The van der Waals surface area contributed by atoms with Crippen LogP contribution in [0, 0.1) is 17.8 Å². The van der Waals surface area contributed by atoms with Gasteiger partial charge in [0.25, 0.3) is 0 Å². The van der Waals surface area contributed by atoms with Crippen molar-refractivity contribution in [2.24, 2.45) is 17.8 Å². The van der Waals surface area contributed by atoms with Gasteiger partial charge in [0.2, 0.25) is 0 Å². The summed E-state index contributed by atoms with van der Waals surface area (Å²) in [5.74, 6) is 2.37.